The van der Waals surface area contributed by atoms with Crippen molar-refractivity contribution in [3.05, 3.63) is 0 Å². The summed E-state index contributed by atoms with van der Waals surface area (Å²) < 4.78 is 33.6. The van der Waals surface area contributed by atoms with Crippen LogP contribution in [0.5, 0.6) is 0 Å². The molecule has 0 aliphatic carbocycles. The molecule has 0 saturated carbocycles. The standard InChI is InChI=1S/C23H52O6Si2/c1-22(2,3)20-23(4,5)19-21(16-14-18-31(27-9,28-10)29-11)15-12-13-17-30(24-6,25-7)26-8/h21H,12-20H2,1-11H3. The summed E-state index contributed by atoms with van der Waals surface area (Å²) in [6.07, 6.45) is 8.10. The molecule has 0 aromatic carbocycles. The van der Waals surface area contributed by atoms with Gasteiger partial charge in [-0.1, -0.05) is 53.9 Å². The summed E-state index contributed by atoms with van der Waals surface area (Å²) in [7, 11) is 5.17. The van der Waals surface area contributed by atoms with Crippen LogP contribution in [0.1, 0.15) is 79.6 Å². The van der Waals surface area contributed by atoms with Gasteiger partial charge in [-0.3, -0.25) is 0 Å². The molecule has 8 heteroatoms. The zero-order valence-electron chi connectivity index (χ0n) is 22.4. The fraction of sp³-hybridized carbons (Fsp3) is 1.00. The van der Waals surface area contributed by atoms with Gasteiger partial charge >= 0.3 is 17.6 Å². The lowest BCUT2D eigenvalue weighted by Gasteiger charge is -2.36. The van der Waals surface area contributed by atoms with Crippen molar-refractivity contribution in [2.45, 2.75) is 91.7 Å². The lowest BCUT2D eigenvalue weighted by atomic mass is 9.70. The van der Waals surface area contributed by atoms with Gasteiger partial charge in [0, 0.05) is 54.7 Å². The van der Waals surface area contributed by atoms with Gasteiger partial charge in [-0.15, -0.1) is 0 Å². The second-order valence-corrected chi connectivity index (χ2v) is 16.9. The summed E-state index contributed by atoms with van der Waals surface area (Å²) in [4.78, 5) is 0. The van der Waals surface area contributed by atoms with Gasteiger partial charge in [0.1, 0.15) is 0 Å². The molecule has 0 spiro atoms. The molecule has 6 nitrogen and oxygen atoms in total. The van der Waals surface area contributed by atoms with Crippen LogP contribution in [0.3, 0.4) is 0 Å². The van der Waals surface area contributed by atoms with Crippen LogP contribution in [0.25, 0.3) is 0 Å². The van der Waals surface area contributed by atoms with Crippen molar-refractivity contribution in [3.63, 3.8) is 0 Å². The Labute approximate surface area is 195 Å². The maximum Gasteiger partial charge on any atom is 0.500 e. The van der Waals surface area contributed by atoms with Crippen molar-refractivity contribution in [3.8, 4) is 0 Å². The van der Waals surface area contributed by atoms with Crippen LogP contribution in [0.15, 0.2) is 0 Å². The summed E-state index contributed by atoms with van der Waals surface area (Å²) in [5, 5.41) is 0. The minimum Gasteiger partial charge on any atom is -0.377 e. The van der Waals surface area contributed by atoms with E-state index in [1.807, 2.05) is 0 Å². The van der Waals surface area contributed by atoms with E-state index < -0.39 is 17.6 Å². The molecule has 0 radical (unpaired) electrons. The normalized spacial score (nSPS) is 14.8. The Hall–Kier alpha value is 0.194. The molecular weight excluding hydrogens is 428 g/mol. The largest absolute Gasteiger partial charge is 0.500 e. The Morgan fingerprint density at radius 1 is 0.581 bits per heavy atom. The summed E-state index contributed by atoms with van der Waals surface area (Å²) in [6, 6.07) is 1.72. The second-order valence-electron chi connectivity index (χ2n) is 10.7. The number of unbranched alkanes of at least 4 members (excludes halogenated alkanes) is 1. The van der Waals surface area contributed by atoms with Crippen LogP contribution in [-0.4, -0.2) is 60.3 Å². The molecule has 0 aromatic heterocycles. The minimum absolute atomic E-state index is 0.311. The topological polar surface area (TPSA) is 55.4 Å². The number of rotatable bonds is 18. The molecular formula is C23H52O6Si2. The Balaban J connectivity index is 4.98. The highest BCUT2D eigenvalue weighted by Gasteiger charge is 2.38. The predicted octanol–water partition coefficient (Wildman–Crippen LogP) is 6.16. The SMILES string of the molecule is CO[Si](CCCCC(CCC[Si](OC)(OC)OC)CC(C)(C)CC(C)(C)C)(OC)OC. The van der Waals surface area contributed by atoms with Gasteiger partial charge in [0.05, 0.1) is 0 Å². The van der Waals surface area contributed by atoms with E-state index >= 15 is 0 Å². The average Bonchev–Trinajstić information content (AvgIpc) is 2.70. The predicted molar refractivity (Wildman–Crippen MR) is 132 cm³/mol. The number of hydrogen-bond acceptors (Lipinski definition) is 6. The van der Waals surface area contributed by atoms with Crippen LogP contribution in [0.2, 0.25) is 12.1 Å². The van der Waals surface area contributed by atoms with Gasteiger partial charge in [0.15, 0.2) is 0 Å². The maximum atomic E-state index is 5.62. The van der Waals surface area contributed by atoms with Crippen molar-refractivity contribution < 1.29 is 26.6 Å². The quantitative estimate of drug-likeness (QED) is 0.173. The monoisotopic (exact) mass is 480 g/mol. The molecule has 0 aliphatic heterocycles. The fourth-order valence-electron chi connectivity index (χ4n) is 5.13. The lowest BCUT2D eigenvalue weighted by Crippen LogP contribution is -2.42. The molecule has 0 rings (SSSR count). The molecule has 31 heavy (non-hydrogen) atoms. The first-order valence-corrected chi connectivity index (χ1v) is 15.5. The highest BCUT2D eigenvalue weighted by Crippen LogP contribution is 2.40. The first kappa shape index (κ1) is 31.2. The van der Waals surface area contributed by atoms with Crippen LogP contribution in [0.4, 0.5) is 0 Å². The molecule has 0 aliphatic rings. The Morgan fingerprint density at radius 2 is 0.968 bits per heavy atom. The van der Waals surface area contributed by atoms with Crippen LogP contribution in [0, 0.1) is 16.7 Å². The first-order chi connectivity index (χ1) is 14.4. The van der Waals surface area contributed by atoms with Crippen LogP contribution >= 0.6 is 0 Å². The zero-order chi connectivity index (χ0) is 24.2. The van der Waals surface area contributed by atoms with Crippen molar-refractivity contribution in [1.29, 1.82) is 0 Å². The molecule has 1 unspecified atom stereocenters. The van der Waals surface area contributed by atoms with Gasteiger partial charge in [-0.05, 0) is 42.4 Å². The van der Waals surface area contributed by atoms with Crippen molar-refractivity contribution in [1.82, 2.24) is 0 Å². The van der Waals surface area contributed by atoms with E-state index in [1.165, 1.54) is 25.7 Å². The van der Waals surface area contributed by atoms with E-state index in [2.05, 4.69) is 34.6 Å². The summed E-state index contributed by atoms with van der Waals surface area (Å²) in [6.45, 7) is 11.8. The maximum absolute atomic E-state index is 5.62. The Bertz CT molecular complexity index is 443. The summed E-state index contributed by atoms with van der Waals surface area (Å²) in [5.41, 5.74) is 0.643. The smallest absolute Gasteiger partial charge is 0.377 e. The van der Waals surface area contributed by atoms with Crippen LogP contribution in [-0.2, 0) is 26.6 Å². The van der Waals surface area contributed by atoms with Gasteiger partial charge in [-0.2, -0.15) is 0 Å². The third-order valence-electron chi connectivity index (χ3n) is 6.16. The first-order valence-electron chi connectivity index (χ1n) is 11.7. The number of hydrogen-bond donors (Lipinski definition) is 0. The molecule has 0 bridgehead atoms. The second kappa shape index (κ2) is 14.5. The van der Waals surface area contributed by atoms with E-state index in [-0.39, 0.29) is 0 Å². The molecule has 0 fully saturated rings. The average molecular weight is 481 g/mol. The van der Waals surface area contributed by atoms with E-state index in [0.717, 1.165) is 31.4 Å². The Kier molecular flexibility index (Phi) is 14.5. The highest BCUT2D eigenvalue weighted by atomic mass is 28.4. The van der Waals surface area contributed by atoms with Crippen molar-refractivity contribution >= 4 is 17.6 Å². The van der Waals surface area contributed by atoms with Gasteiger partial charge in [0.25, 0.3) is 0 Å². The Morgan fingerprint density at radius 3 is 1.35 bits per heavy atom. The van der Waals surface area contributed by atoms with E-state index in [1.54, 1.807) is 42.7 Å². The molecule has 188 valence electrons. The highest BCUT2D eigenvalue weighted by molar-refractivity contribution is 6.60. The van der Waals surface area contributed by atoms with E-state index in [0.29, 0.717) is 16.7 Å². The molecule has 0 amide bonds. The van der Waals surface area contributed by atoms with Crippen molar-refractivity contribution in [2.24, 2.45) is 16.7 Å². The molecule has 0 saturated heterocycles. The molecule has 0 aromatic rings. The van der Waals surface area contributed by atoms with Gasteiger partial charge < -0.3 is 26.6 Å². The fourth-order valence-corrected chi connectivity index (χ4v) is 8.68. The van der Waals surface area contributed by atoms with E-state index in [4.69, 9.17) is 26.6 Å². The third kappa shape index (κ3) is 12.3. The third-order valence-corrected chi connectivity index (χ3v) is 11.8. The molecule has 0 N–H and O–H groups in total. The van der Waals surface area contributed by atoms with Crippen LogP contribution < -0.4 is 0 Å². The van der Waals surface area contributed by atoms with Crippen molar-refractivity contribution in [2.75, 3.05) is 42.7 Å². The molecule has 0 heterocycles. The van der Waals surface area contributed by atoms with Gasteiger partial charge in [-0.25, -0.2) is 0 Å². The minimum atomic E-state index is -2.50. The zero-order valence-corrected chi connectivity index (χ0v) is 24.4. The lowest BCUT2D eigenvalue weighted by molar-refractivity contribution is 0.119. The van der Waals surface area contributed by atoms with Gasteiger partial charge in [0.2, 0.25) is 0 Å². The molecule has 1 atom stereocenters. The summed E-state index contributed by atoms with van der Waals surface area (Å²) >= 11 is 0. The summed E-state index contributed by atoms with van der Waals surface area (Å²) in [5.74, 6) is 0.665. The van der Waals surface area contributed by atoms with E-state index in [9.17, 15) is 0 Å².